The van der Waals surface area contributed by atoms with Gasteiger partial charge in [0, 0.05) is 0 Å². The summed E-state index contributed by atoms with van der Waals surface area (Å²) < 4.78 is 30.6. The van der Waals surface area contributed by atoms with Gasteiger partial charge in [0.2, 0.25) is 11.6 Å². The number of hydrazone groups is 1. The molecular formula is C27H23FN8O4. The quantitative estimate of drug-likeness (QED) is 0.199. The summed E-state index contributed by atoms with van der Waals surface area (Å²) in [5, 5.41) is 19.1. The Balaban J connectivity index is 1.25. The predicted octanol–water partition coefficient (Wildman–Crippen LogP) is 3.60. The molecular weight excluding hydrogens is 519 g/mol. The number of nitrogens with zero attached hydrogens (tertiary/aromatic N) is 6. The van der Waals surface area contributed by atoms with Crippen LogP contribution in [0.2, 0.25) is 0 Å². The summed E-state index contributed by atoms with van der Waals surface area (Å²) in [4.78, 5) is 12.9. The second-order valence-electron chi connectivity index (χ2n) is 8.56. The lowest BCUT2D eigenvalue weighted by molar-refractivity contribution is 0.0947. The van der Waals surface area contributed by atoms with Crippen LogP contribution in [0.3, 0.4) is 0 Å². The maximum atomic E-state index is 13.2. The first-order valence-electron chi connectivity index (χ1n) is 12.0. The smallest absolute Gasteiger partial charge is 0.293 e. The molecule has 2 aromatic heterocycles. The second-order valence-corrected chi connectivity index (χ2v) is 8.56. The molecule has 0 fully saturated rings. The van der Waals surface area contributed by atoms with E-state index in [1.54, 1.807) is 12.1 Å². The molecule has 40 heavy (non-hydrogen) atoms. The number of nitrogens with two attached hydrogens (primary N) is 1. The van der Waals surface area contributed by atoms with E-state index in [4.69, 9.17) is 15.2 Å². The van der Waals surface area contributed by atoms with Crippen LogP contribution in [0.4, 0.5) is 10.2 Å². The molecule has 5 rings (SSSR count). The van der Waals surface area contributed by atoms with E-state index in [1.807, 2.05) is 37.3 Å². The molecule has 0 bridgehead atoms. The van der Waals surface area contributed by atoms with Crippen molar-refractivity contribution in [2.45, 2.75) is 20.1 Å². The molecule has 1 amide bonds. The van der Waals surface area contributed by atoms with Crippen molar-refractivity contribution >= 4 is 17.9 Å². The second kappa shape index (κ2) is 11.9. The highest BCUT2D eigenvalue weighted by Gasteiger charge is 2.24. The lowest BCUT2D eigenvalue weighted by Crippen LogP contribution is -2.21. The number of halogens is 1. The van der Waals surface area contributed by atoms with Crippen LogP contribution in [0.15, 0.2) is 82.5 Å². The van der Waals surface area contributed by atoms with Crippen molar-refractivity contribution in [2.75, 3.05) is 5.73 Å². The number of aromatic nitrogens is 5. The van der Waals surface area contributed by atoms with Gasteiger partial charge in [-0.05, 0) is 76.9 Å². The molecule has 2 heterocycles. The van der Waals surface area contributed by atoms with E-state index in [2.05, 4.69) is 41.8 Å². The molecule has 202 valence electrons. The van der Waals surface area contributed by atoms with Gasteiger partial charge in [0.1, 0.15) is 36.2 Å². The molecule has 0 aliphatic heterocycles. The Morgan fingerprint density at radius 1 is 1.05 bits per heavy atom. The standard InChI is InChI=1S/C27H23FN8O4/c1-17-3-2-4-19(13-17)15-38-21-9-5-18(6-10-21)14-30-32-27(37)24-23(16-39-22-11-7-20(28)8-12-22)36(35-31-24)26-25(29)33-40-34-26/h2-14H,15-16H2,1H3,(H2,29,33)(H,32,37)/b30-14+. The van der Waals surface area contributed by atoms with Crippen molar-refractivity contribution in [3.8, 4) is 17.3 Å². The van der Waals surface area contributed by atoms with E-state index in [-0.39, 0.29) is 29.6 Å². The van der Waals surface area contributed by atoms with E-state index < -0.39 is 11.7 Å². The van der Waals surface area contributed by atoms with Gasteiger partial charge in [-0.3, -0.25) is 4.79 Å². The van der Waals surface area contributed by atoms with Crippen molar-refractivity contribution in [3.63, 3.8) is 0 Å². The maximum Gasteiger partial charge on any atom is 0.293 e. The Morgan fingerprint density at radius 2 is 1.77 bits per heavy atom. The van der Waals surface area contributed by atoms with Crippen LogP contribution in [0.25, 0.3) is 5.82 Å². The van der Waals surface area contributed by atoms with Crippen molar-refractivity contribution in [2.24, 2.45) is 5.10 Å². The molecule has 0 unspecified atom stereocenters. The number of aryl methyl sites for hydroxylation is 1. The van der Waals surface area contributed by atoms with Gasteiger partial charge in [0.25, 0.3) is 5.91 Å². The molecule has 0 spiro atoms. The summed E-state index contributed by atoms with van der Waals surface area (Å²) in [6.45, 7) is 2.31. The van der Waals surface area contributed by atoms with E-state index in [0.29, 0.717) is 18.1 Å². The molecule has 0 atom stereocenters. The van der Waals surface area contributed by atoms with Gasteiger partial charge in [0.05, 0.1) is 6.21 Å². The number of hydrogen-bond donors (Lipinski definition) is 2. The minimum absolute atomic E-state index is 0.0254. The minimum Gasteiger partial charge on any atom is -0.489 e. The van der Waals surface area contributed by atoms with Gasteiger partial charge in [-0.2, -0.15) is 9.78 Å². The first-order chi connectivity index (χ1) is 19.5. The Labute approximate surface area is 227 Å². The molecule has 12 nitrogen and oxygen atoms in total. The molecule has 0 saturated carbocycles. The first-order valence-corrected chi connectivity index (χ1v) is 12.0. The van der Waals surface area contributed by atoms with Gasteiger partial charge >= 0.3 is 0 Å². The Hall–Kier alpha value is -5.59. The molecule has 0 aliphatic carbocycles. The van der Waals surface area contributed by atoms with Crippen molar-refractivity contribution in [3.05, 3.63) is 107 Å². The summed E-state index contributed by atoms with van der Waals surface area (Å²) >= 11 is 0. The topological polar surface area (TPSA) is 156 Å². The van der Waals surface area contributed by atoms with Crippen LogP contribution in [0.5, 0.6) is 11.5 Å². The zero-order valence-electron chi connectivity index (χ0n) is 21.2. The number of carbonyl (C=O) groups excluding carboxylic acids is 1. The Bertz CT molecular complexity index is 1630. The number of carbonyl (C=O) groups is 1. The highest BCUT2D eigenvalue weighted by Crippen LogP contribution is 2.19. The van der Waals surface area contributed by atoms with Gasteiger partial charge in [-0.1, -0.05) is 35.0 Å². The first kappa shape index (κ1) is 26.0. The molecule has 5 aromatic rings. The van der Waals surface area contributed by atoms with Crippen LogP contribution in [0, 0.1) is 12.7 Å². The highest BCUT2D eigenvalue weighted by atomic mass is 19.1. The number of ether oxygens (including phenoxy) is 2. The van der Waals surface area contributed by atoms with Crippen LogP contribution < -0.4 is 20.6 Å². The number of rotatable bonds is 10. The fraction of sp³-hybridized carbons (Fsp3) is 0.111. The monoisotopic (exact) mass is 542 g/mol. The molecule has 0 radical (unpaired) electrons. The number of nitrogen functional groups attached to an aromatic ring is 1. The van der Waals surface area contributed by atoms with Crippen LogP contribution in [0.1, 0.15) is 32.9 Å². The third kappa shape index (κ3) is 6.27. The van der Waals surface area contributed by atoms with Gasteiger partial charge in [-0.25, -0.2) is 14.4 Å². The minimum atomic E-state index is -0.659. The van der Waals surface area contributed by atoms with Crippen molar-refractivity contribution in [1.29, 1.82) is 0 Å². The molecule has 3 N–H and O–H groups in total. The van der Waals surface area contributed by atoms with E-state index in [9.17, 15) is 9.18 Å². The maximum absolute atomic E-state index is 13.2. The normalized spacial score (nSPS) is 11.1. The summed E-state index contributed by atoms with van der Waals surface area (Å²) in [6.07, 6.45) is 1.47. The Morgan fingerprint density at radius 3 is 2.48 bits per heavy atom. The lowest BCUT2D eigenvalue weighted by atomic mass is 10.1. The fourth-order valence-corrected chi connectivity index (χ4v) is 3.64. The zero-order chi connectivity index (χ0) is 27.9. The summed E-state index contributed by atoms with van der Waals surface area (Å²) in [7, 11) is 0. The van der Waals surface area contributed by atoms with E-state index >= 15 is 0 Å². The van der Waals surface area contributed by atoms with Crippen LogP contribution >= 0.6 is 0 Å². The summed E-state index contributed by atoms with van der Waals surface area (Å²) in [5.41, 5.74) is 11.3. The van der Waals surface area contributed by atoms with Crippen LogP contribution in [-0.4, -0.2) is 37.4 Å². The SMILES string of the molecule is Cc1cccc(COc2ccc(/C=N/NC(=O)c3nnn(-c4nonc4N)c3COc3ccc(F)cc3)cc2)c1. The highest BCUT2D eigenvalue weighted by molar-refractivity contribution is 5.94. The number of benzene rings is 3. The largest absolute Gasteiger partial charge is 0.489 e. The molecule has 13 heteroatoms. The molecule has 0 saturated heterocycles. The number of nitrogens with one attached hydrogen (secondary N) is 1. The Kier molecular flexibility index (Phi) is 7.72. The predicted molar refractivity (Wildman–Crippen MR) is 141 cm³/mol. The van der Waals surface area contributed by atoms with Crippen molar-refractivity contribution < 1.29 is 23.3 Å². The summed E-state index contributed by atoms with van der Waals surface area (Å²) in [6, 6.07) is 20.7. The van der Waals surface area contributed by atoms with E-state index in [1.165, 1.54) is 40.7 Å². The van der Waals surface area contributed by atoms with Gasteiger partial charge < -0.3 is 15.2 Å². The third-order valence-electron chi connectivity index (χ3n) is 5.61. The zero-order valence-corrected chi connectivity index (χ0v) is 21.2. The molecule has 0 aliphatic rings. The summed E-state index contributed by atoms with van der Waals surface area (Å²) in [5.74, 6) is -0.0549. The number of amides is 1. The van der Waals surface area contributed by atoms with Crippen molar-refractivity contribution in [1.82, 2.24) is 30.7 Å². The average Bonchev–Trinajstić information content (AvgIpc) is 3.58. The lowest BCUT2D eigenvalue weighted by Gasteiger charge is -2.08. The molecule has 3 aromatic carbocycles. The fourth-order valence-electron chi connectivity index (χ4n) is 3.64. The average molecular weight is 543 g/mol. The van der Waals surface area contributed by atoms with Gasteiger partial charge in [0.15, 0.2) is 5.69 Å². The van der Waals surface area contributed by atoms with Gasteiger partial charge in [-0.15, -0.1) is 5.10 Å². The number of anilines is 1. The van der Waals surface area contributed by atoms with Crippen LogP contribution in [-0.2, 0) is 13.2 Å². The third-order valence-corrected chi connectivity index (χ3v) is 5.61. The number of hydrogen-bond acceptors (Lipinski definition) is 10. The van der Waals surface area contributed by atoms with E-state index in [0.717, 1.165) is 11.1 Å².